The number of aromatic nitrogens is 1. The van der Waals surface area contributed by atoms with Gasteiger partial charge < -0.3 is 4.74 Å². The standard InChI is InChI=1S/C15H10BrF4NO/c1-2-10(14-11(16)4-3-7-21-14)9-5-6-13(12(17)8-9)22-15(18,19)20/h2-8,10H,1H2. The predicted molar refractivity (Wildman–Crippen MR) is 77.1 cm³/mol. The number of rotatable bonds is 4. The molecule has 7 heteroatoms. The van der Waals surface area contributed by atoms with Crippen molar-refractivity contribution in [2.24, 2.45) is 0 Å². The largest absolute Gasteiger partial charge is 0.573 e. The fourth-order valence-electron chi connectivity index (χ4n) is 1.95. The molecule has 0 aliphatic carbocycles. The molecule has 116 valence electrons. The topological polar surface area (TPSA) is 22.1 Å². The Morgan fingerprint density at radius 2 is 2.00 bits per heavy atom. The van der Waals surface area contributed by atoms with Crippen LogP contribution in [0.25, 0.3) is 0 Å². The fourth-order valence-corrected chi connectivity index (χ4v) is 2.45. The maximum absolute atomic E-state index is 13.8. The van der Waals surface area contributed by atoms with Gasteiger partial charge in [-0.05, 0) is 45.8 Å². The van der Waals surface area contributed by atoms with Crippen LogP contribution in [0.1, 0.15) is 17.2 Å². The van der Waals surface area contributed by atoms with Gasteiger partial charge in [0.2, 0.25) is 0 Å². The van der Waals surface area contributed by atoms with Crippen LogP contribution in [0.2, 0.25) is 0 Å². The van der Waals surface area contributed by atoms with E-state index in [1.807, 2.05) is 0 Å². The number of benzene rings is 1. The van der Waals surface area contributed by atoms with Crippen LogP contribution in [-0.2, 0) is 0 Å². The van der Waals surface area contributed by atoms with Gasteiger partial charge in [-0.2, -0.15) is 0 Å². The second-order valence-corrected chi connectivity index (χ2v) is 5.18. The van der Waals surface area contributed by atoms with E-state index in [1.165, 1.54) is 12.1 Å². The van der Waals surface area contributed by atoms with Gasteiger partial charge in [-0.15, -0.1) is 19.8 Å². The Morgan fingerprint density at radius 1 is 1.27 bits per heavy atom. The molecule has 0 fully saturated rings. The zero-order valence-corrected chi connectivity index (χ0v) is 12.7. The first-order valence-corrected chi connectivity index (χ1v) is 6.89. The molecular formula is C15H10BrF4NO. The zero-order chi connectivity index (χ0) is 16.3. The maximum Gasteiger partial charge on any atom is 0.573 e. The van der Waals surface area contributed by atoms with Crippen molar-refractivity contribution in [2.45, 2.75) is 12.3 Å². The maximum atomic E-state index is 13.8. The molecule has 1 atom stereocenters. The van der Waals surface area contributed by atoms with Crippen LogP contribution in [-0.4, -0.2) is 11.3 Å². The van der Waals surface area contributed by atoms with Crippen LogP contribution in [0.15, 0.2) is 53.7 Å². The van der Waals surface area contributed by atoms with Gasteiger partial charge in [0.15, 0.2) is 11.6 Å². The summed E-state index contributed by atoms with van der Waals surface area (Å²) in [6.07, 6.45) is -1.84. The van der Waals surface area contributed by atoms with Gasteiger partial charge in [0.25, 0.3) is 0 Å². The van der Waals surface area contributed by atoms with Gasteiger partial charge in [-0.1, -0.05) is 12.1 Å². The average molecular weight is 376 g/mol. The summed E-state index contributed by atoms with van der Waals surface area (Å²) >= 11 is 3.33. The molecule has 0 saturated carbocycles. The molecule has 1 aromatic carbocycles. The van der Waals surface area contributed by atoms with Crippen molar-refractivity contribution in [1.82, 2.24) is 4.98 Å². The second-order valence-electron chi connectivity index (χ2n) is 4.32. The van der Waals surface area contributed by atoms with Crippen molar-refractivity contribution in [3.05, 3.63) is 70.7 Å². The Kier molecular flexibility index (Phi) is 4.85. The summed E-state index contributed by atoms with van der Waals surface area (Å²) in [4.78, 5) is 4.19. The van der Waals surface area contributed by atoms with Crippen molar-refractivity contribution in [3.63, 3.8) is 0 Å². The molecule has 1 heterocycles. The normalized spacial score (nSPS) is 12.8. The molecule has 1 unspecified atom stereocenters. The highest BCUT2D eigenvalue weighted by molar-refractivity contribution is 9.10. The van der Waals surface area contributed by atoms with Gasteiger partial charge in [0.1, 0.15) is 0 Å². The van der Waals surface area contributed by atoms with Gasteiger partial charge in [0, 0.05) is 16.6 Å². The van der Waals surface area contributed by atoms with Crippen molar-refractivity contribution < 1.29 is 22.3 Å². The van der Waals surface area contributed by atoms with Crippen LogP contribution in [0.3, 0.4) is 0 Å². The van der Waals surface area contributed by atoms with Crippen LogP contribution in [0.5, 0.6) is 5.75 Å². The van der Waals surface area contributed by atoms with Crippen molar-refractivity contribution in [2.75, 3.05) is 0 Å². The Labute approximate surface area is 132 Å². The summed E-state index contributed by atoms with van der Waals surface area (Å²) in [5.74, 6) is -2.45. The van der Waals surface area contributed by atoms with E-state index in [9.17, 15) is 17.6 Å². The fraction of sp³-hybridized carbons (Fsp3) is 0.133. The lowest BCUT2D eigenvalue weighted by molar-refractivity contribution is -0.275. The summed E-state index contributed by atoms with van der Waals surface area (Å²) in [5.41, 5.74) is 1.00. The number of allylic oxidation sites excluding steroid dienone is 1. The predicted octanol–water partition coefficient (Wildman–Crippen LogP) is 5.20. The summed E-state index contributed by atoms with van der Waals surface area (Å²) < 4.78 is 54.5. The van der Waals surface area contributed by atoms with E-state index in [0.29, 0.717) is 15.7 Å². The highest BCUT2D eigenvalue weighted by Crippen LogP contribution is 2.33. The lowest BCUT2D eigenvalue weighted by Crippen LogP contribution is -2.18. The van der Waals surface area contributed by atoms with Crippen LogP contribution in [0.4, 0.5) is 17.6 Å². The summed E-state index contributed by atoms with van der Waals surface area (Å²) in [6.45, 7) is 3.67. The number of nitrogens with zero attached hydrogens (tertiary/aromatic N) is 1. The van der Waals surface area contributed by atoms with Crippen molar-refractivity contribution in [3.8, 4) is 5.75 Å². The first kappa shape index (κ1) is 16.5. The third-order valence-corrected chi connectivity index (χ3v) is 3.53. The Morgan fingerprint density at radius 3 is 2.55 bits per heavy atom. The molecule has 2 nitrogen and oxygen atoms in total. The van der Waals surface area contributed by atoms with E-state index in [0.717, 1.165) is 12.1 Å². The Bertz CT molecular complexity index is 687. The third kappa shape index (κ3) is 3.85. The van der Waals surface area contributed by atoms with Crippen LogP contribution < -0.4 is 4.74 Å². The van der Waals surface area contributed by atoms with E-state index in [4.69, 9.17) is 0 Å². The molecule has 0 N–H and O–H groups in total. The lowest BCUT2D eigenvalue weighted by atomic mass is 9.95. The first-order valence-electron chi connectivity index (χ1n) is 6.10. The van der Waals surface area contributed by atoms with Gasteiger partial charge in [-0.25, -0.2) is 4.39 Å². The zero-order valence-electron chi connectivity index (χ0n) is 11.1. The summed E-state index contributed by atoms with van der Waals surface area (Å²) in [7, 11) is 0. The number of alkyl halides is 3. The van der Waals surface area contributed by atoms with Crippen LogP contribution >= 0.6 is 15.9 Å². The number of halogens is 5. The first-order chi connectivity index (χ1) is 10.3. The molecule has 0 bridgehead atoms. The summed E-state index contributed by atoms with van der Waals surface area (Å²) in [5, 5.41) is 0. The molecule has 22 heavy (non-hydrogen) atoms. The smallest absolute Gasteiger partial charge is 0.403 e. The van der Waals surface area contributed by atoms with E-state index < -0.39 is 23.8 Å². The molecule has 0 spiro atoms. The molecule has 1 aromatic heterocycles. The Hall–Kier alpha value is -1.89. The van der Waals surface area contributed by atoms with E-state index >= 15 is 0 Å². The van der Waals surface area contributed by atoms with Crippen LogP contribution in [0, 0.1) is 5.82 Å². The number of hydrogen-bond donors (Lipinski definition) is 0. The number of pyridine rings is 1. The SMILES string of the molecule is C=CC(c1ccc(OC(F)(F)F)c(F)c1)c1ncccc1Br. The van der Waals surface area contributed by atoms with Gasteiger partial charge in [-0.3, -0.25) is 4.98 Å². The minimum atomic E-state index is -4.94. The monoisotopic (exact) mass is 375 g/mol. The second kappa shape index (κ2) is 6.48. The molecule has 0 radical (unpaired) electrons. The van der Waals surface area contributed by atoms with Crippen molar-refractivity contribution >= 4 is 15.9 Å². The molecule has 0 saturated heterocycles. The third-order valence-electron chi connectivity index (χ3n) is 2.86. The van der Waals surface area contributed by atoms with E-state index in [2.05, 4.69) is 32.2 Å². The molecule has 0 aliphatic rings. The Balaban J connectivity index is 2.38. The number of hydrogen-bond acceptors (Lipinski definition) is 2. The van der Waals surface area contributed by atoms with Gasteiger partial charge >= 0.3 is 6.36 Å². The molecule has 2 aromatic rings. The minimum absolute atomic E-state index is 0.418. The van der Waals surface area contributed by atoms with Crippen molar-refractivity contribution in [1.29, 1.82) is 0 Å². The molecular weight excluding hydrogens is 366 g/mol. The average Bonchev–Trinajstić information content (AvgIpc) is 2.43. The molecule has 0 aliphatic heterocycles. The number of ether oxygens (including phenoxy) is 1. The van der Waals surface area contributed by atoms with E-state index in [1.54, 1.807) is 18.3 Å². The molecule has 2 rings (SSSR count). The quantitative estimate of drug-likeness (QED) is 0.541. The highest BCUT2D eigenvalue weighted by atomic mass is 79.9. The lowest BCUT2D eigenvalue weighted by Gasteiger charge is -2.16. The van der Waals surface area contributed by atoms with Gasteiger partial charge in [0.05, 0.1) is 5.69 Å². The van der Waals surface area contributed by atoms with E-state index in [-0.39, 0.29) is 0 Å². The molecule has 0 amide bonds. The summed E-state index contributed by atoms with van der Waals surface area (Å²) in [6, 6.07) is 6.74. The minimum Gasteiger partial charge on any atom is -0.403 e. The highest BCUT2D eigenvalue weighted by Gasteiger charge is 2.32.